The normalized spacial score (nSPS) is 18.7. The third kappa shape index (κ3) is 1.49. The third-order valence-electron chi connectivity index (χ3n) is 2.87. The summed E-state index contributed by atoms with van der Waals surface area (Å²) in [5.41, 5.74) is 0.962. The van der Waals surface area contributed by atoms with Gasteiger partial charge in [-0.15, -0.1) is 0 Å². The average Bonchev–Trinajstić information content (AvgIpc) is 2.35. The van der Waals surface area contributed by atoms with Crippen LogP contribution in [0.3, 0.4) is 0 Å². The zero-order valence-corrected chi connectivity index (χ0v) is 8.81. The molecule has 0 saturated heterocycles. The van der Waals surface area contributed by atoms with Gasteiger partial charge < -0.3 is 15.2 Å². The lowest BCUT2D eigenvalue weighted by atomic mass is 10.1. The lowest BCUT2D eigenvalue weighted by Gasteiger charge is -2.26. The molecular formula is C13H13NO2. The smallest absolute Gasteiger partial charge is 0.143 e. The molecule has 0 amide bonds. The molecule has 0 bridgehead atoms. The minimum Gasteiger partial charge on any atom is -0.489 e. The summed E-state index contributed by atoms with van der Waals surface area (Å²) in [6.07, 6.45) is 0. The van der Waals surface area contributed by atoms with Gasteiger partial charge in [0.1, 0.15) is 12.4 Å². The fourth-order valence-corrected chi connectivity index (χ4v) is 2.00. The van der Waals surface area contributed by atoms with Gasteiger partial charge in [-0.05, 0) is 22.9 Å². The van der Waals surface area contributed by atoms with Crippen molar-refractivity contribution in [3.05, 3.63) is 36.4 Å². The van der Waals surface area contributed by atoms with Gasteiger partial charge in [0.05, 0.1) is 18.3 Å². The van der Waals surface area contributed by atoms with E-state index in [-0.39, 0.29) is 12.6 Å². The number of aliphatic hydroxyl groups is 1. The van der Waals surface area contributed by atoms with Crippen molar-refractivity contribution in [2.24, 2.45) is 0 Å². The van der Waals surface area contributed by atoms with Crippen molar-refractivity contribution in [1.29, 1.82) is 0 Å². The lowest BCUT2D eigenvalue weighted by molar-refractivity contribution is 0.208. The SMILES string of the molecule is OC[C@@H]1COc2cc3ccccc3cc2N1. The molecule has 1 aliphatic heterocycles. The van der Waals surface area contributed by atoms with Crippen molar-refractivity contribution in [3.8, 4) is 5.75 Å². The van der Waals surface area contributed by atoms with E-state index < -0.39 is 0 Å². The van der Waals surface area contributed by atoms with E-state index in [0.29, 0.717) is 6.61 Å². The van der Waals surface area contributed by atoms with Gasteiger partial charge >= 0.3 is 0 Å². The van der Waals surface area contributed by atoms with Crippen LogP contribution in [0, 0.1) is 0 Å². The van der Waals surface area contributed by atoms with Gasteiger partial charge in [0.25, 0.3) is 0 Å². The van der Waals surface area contributed by atoms with Crippen LogP contribution >= 0.6 is 0 Å². The van der Waals surface area contributed by atoms with Crippen LogP contribution in [0.4, 0.5) is 5.69 Å². The summed E-state index contributed by atoms with van der Waals surface area (Å²) in [5.74, 6) is 0.864. The highest BCUT2D eigenvalue weighted by atomic mass is 16.5. The molecule has 3 rings (SSSR count). The number of hydrogen-bond donors (Lipinski definition) is 2. The van der Waals surface area contributed by atoms with E-state index in [1.54, 1.807) is 0 Å². The average molecular weight is 215 g/mol. The second-order valence-corrected chi connectivity index (χ2v) is 4.03. The van der Waals surface area contributed by atoms with Crippen molar-refractivity contribution in [3.63, 3.8) is 0 Å². The zero-order chi connectivity index (χ0) is 11.0. The van der Waals surface area contributed by atoms with Crippen molar-refractivity contribution < 1.29 is 9.84 Å². The van der Waals surface area contributed by atoms with Crippen LogP contribution in [0.1, 0.15) is 0 Å². The minimum atomic E-state index is -0.00587. The molecule has 0 unspecified atom stereocenters. The number of benzene rings is 2. The summed E-state index contributed by atoms with van der Waals surface area (Å²) >= 11 is 0. The predicted molar refractivity (Wildman–Crippen MR) is 63.9 cm³/mol. The predicted octanol–water partition coefficient (Wildman–Crippen LogP) is 2.00. The van der Waals surface area contributed by atoms with Crippen molar-refractivity contribution in [1.82, 2.24) is 0 Å². The van der Waals surface area contributed by atoms with Crippen LogP contribution < -0.4 is 10.1 Å². The number of nitrogens with one attached hydrogen (secondary N) is 1. The molecular weight excluding hydrogens is 202 g/mol. The largest absolute Gasteiger partial charge is 0.489 e. The van der Waals surface area contributed by atoms with Gasteiger partial charge in [-0.3, -0.25) is 0 Å². The van der Waals surface area contributed by atoms with Gasteiger partial charge in [0.2, 0.25) is 0 Å². The Morgan fingerprint density at radius 2 is 2.00 bits per heavy atom. The Morgan fingerprint density at radius 1 is 1.25 bits per heavy atom. The Hall–Kier alpha value is -1.74. The van der Waals surface area contributed by atoms with Crippen LogP contribution in [0.25, 0.3) is 10.8 Å². The molecule has 0 radical (unpaired) electrons. The summed E-state index contributed by atoms with van der Waals surface area (Å²) in [6, 6.07) is 12.3. The minimum absolute atomic E-state index is 0.00587. The highest BCUT2D eigenvalue weighted by molar-refractivity contribution is 5.89. The summed E-state index contributed by atoms with van der Waals surface area (Å²) in [7, 11) is 0. The lowest BCUT2D eigenvalue weighted by Crippen LogP contribution is -2.34. The molecule has 1 atom stereocenters. The molecule has 0 spiro atoms. The Morgan fingerprint density at radius 3 is 2.75 bits per heavy atom. The maximum atomic E-state index is 9.09. The van der Waals surface area contributed by atoms with Gasteiger partial charge in [-0.2, -0.15) is 0 Å². The molecule has 1 aliphatic rings. The van der Waals surface area contributed by atoms with Crippen molar-refractivity contribution >= 4 is 16.5 Å². The van der Waals surface area contributed by atoms with E-state index in [9.17, 15) is 0 Å². The summed E-state index contributed by atoms with van der Waals surface area (Å²) in [4.78, 5) is 0. The number of ether oxygens (including phenoxy) is 1. The summed E-state index contributed by atoms with van der Waals surface area (Å²) < 4.78 is 5.61. The van der Waals surface area contributed by atoms with E-state index in [0.717, 1.165) is 11.4 Å². The fourth-order valence-electron chi connectivity index (χ4n) is 2.00. The summed E-state index contributed by atoms with van der Waals surface area (Å²) in [6.45, 7) is 0.605. The van der Waals surface area contributed by atoms with E-state index in [1.807, 2.05) is 18.2 Å². The van der Waals surface area contributed by atoms with E-state index in [1.165, 1.54) is 10.8 Å². The van der Waals surface area contributed by atoms with Crippen LogP contribution in [-0.4, -0.2) is 24.4 Å². The third-order valence-corrected chi connectivity index (χ3v) is 2.87. The van der Waals surface area contributed by atoms with Crippen LogP contribution in [0.5, 0.6) is 5.75 Å². The van der Waals surface area contributed by atoms with Gasteiger partial charge in [0, 0.05) is 0 Å². The Labute approximate surface area is 93.7 Å². The molecule has 82 valence electrons. The topological polar surface area (TPSA) is 41.5 Å². The Bertz CT molecular complexity index is 524. The molecule has 1 heterocycles. The summed E-state index contributed by atoms with van der Waals surface area (Å²) in [5, 5.41) is 14.7. The molecule has 3 heteroatoms. The fraction of sp³-hybridized carbons (Fsp3) is 0.231. The van der Waals surface area contributed by atoms with Crippen LogP contribution in [0.15, 0.2) is 36.4 Å². The molecule has 0 aliphatic carbocycles. The second-order valence-electron chi connectivity index (χ2n) is 4.03. The maximum Gasteiger partial charge on any atom is 0.143 e. The molecule has 3 nitrogen and oxygen atoms in total. The zero-order valence-electron chi connectivity index (χ0n) is 8.81. The highest BCUT2D eigenvalue weighted by Gasteiger charge is 2.18. The number of hydrogen-bond acceptors (Lipinski definition) is 3. The van der Waals surface area contributed by atoms with Crippen molar-refractivity contribution in [2.75, 3.05) is 18.5 Å². The number of anilines is 1. The van der Waals surface area contributed by atoms with E-state index in [4.69, 9.17) is 9.84 Å². The quantitative estimate of drug-likeness (QED) is 0.764. The molecule has 2 aromatic carbocycles. The van der Waals surface area contributed by atoms with Crippen molar-refractivity contribution in [2.45, 2.75) is 6.04 Å². The first-order valence-electron chi connectivity index (χ1n) is 5.40. The maximum absolute atomic E-state index is 9.09. The van der Waals surface area contributed by atoms with Gasteiger partial charge in [0.15, 0.2) is 0 Å². The van der Waals surface area contributed by atoms with Crippen LogP contribution in [-0.2, 0) is 0 Å². The first kappa shape index (κ1) is 9.48. The van der Waals surface area contributed by atoms with E-state index in [2.05, 4.69) is 23.5 Å². The standard InChI is InChI=1S/C13H13NO2/c15-7-11-8-16-13-6-10-4-2-1-3-9(10)5-12(13)14-11/h1-6,11,14-15H,7-8H2/t11-/m1/s1. The molecule has 0 fully saturated rings. The second kappa shape index (κ2) is 3.68. The monoisotopic (exact) mass is 215 g/mol. The van der Waals surface area contributed by atoms with Gasteiger partial charge in [-0.25, -0.2) is 0 Å². The first-order chi connectivity index (χ1) is 7.86. The number of rotatable bonds is 1. The highest BCUT2D eigenvalue weighted by Crippen LogP contribution is 2.33. The van der Waals surface area contributed by atoms with E-state index >= 15 is 0 Å². The molecule has 2 aromatic rings. The molecule has 16 heavy (non-hydrogen) atoms. The number of aliphatic hydroxyl groups excluding tert-OH is 1. The number of fused-ring (bicyclic) bond motifs is 2. The Kier molecular flexibility index (Phi) is 2.18. The molecule has 0 aromatic heterocycles. The Balaban J connectivity index is 2.10. The molecule has 0 saturated carbocycles. The van der Waals surface area contributed by atoms with Gasteiger partial charge in [-0.1, -0.05) is 24.3 Å². The van der Waals surface area contributed by atoms with Crippen LogP contribution in [0.2, 0.25) is 0 Å². The first-order valence-corrected chi connectivity index (χ1v) is 5.40. The molecule has 2 N–H and O–H groups in total.